The van der Waals surface area contributed by atoms with Gasteiger partial charge in [-0.15, -0.1) is 0 Å². The summed E-state index contributed by atoms with van der Waals surface area (Å²) >= 11 is 0. The predicted octanol–water partition coefficient (Wildman–Crippen LogP) is 4.95. The van der Waals surface area contributed by atoms with Crippen LogP contribution in [-0.2, 0) is 14.3 Å². The van der Waals surface area contributed by atoms with E-state index in [0.717, 1.165) is 32.1 Å². The summed E-state index contributed by atoms with van der Waals surface area (Å²) in [6.07, 6.45) is 9.26. The molecule has 0 spiro atoms. The van der Waals surface area contributed by atoms with Gasteiger partial charge < -0.3 is 9.84 Å². The fourth-order valence-electron chi connectivity index (χ4n) is 2.69. The van der Waals surface area contributed by atoms with Gasteiger partial charge in [-0.2, -0.15) is 0 Å². The maximum Gasteiger partial charge on any atom is 0.306 e. The number of carboxylic acid groups (broad SMARTS) is 1. The molecule has 0 aromatic heterocycles. The van der Waals surface area contributed by atoms with E-state index in [1.165, 1.54) is 12.8 Å². The Kier molecular flexibility index (Phi) is 12.9. The molecule has 0 amide bonds. The molecule has 0 aliphatic carbocycles. The summed E-state index contributed by atoms with van der Waals surface area (Å²) < 4.78 is 5.72. The monoisotopic (exact) mass is 314 g/mol. The average molecular weight is 314 g/mol. The standard InChI is InChI=1S/C18H34O4/c1-4-7-11-15(6-3)16(12-8-5-2)22-18(21)14-10-9-13-17(19)20/h15-16H,4-14H2,1-3H3,(H,19,20). The van der Waals surface area contributed by atoms with Crippen LogP contribution in [-0.4, -0.2) is 23.1 Å². The molecule has 0 aliphatic heterocycles. The number of aliphatic carboxylic acids is 1. The molecule has 0 aromatic rings. The van der Waals surface area contributed by atoms with Crippen molar-refractivity contribution in [1.29, 1.82) is 0 Å². The van der Waals surface area contributed by atoms with E-state index in [1.807, 2.05) is 0 Å². The van der Waals surface area contributed by atoms with Gasteiger partial charge in [-0.3, -0.25) is 9.59 Å². The molecule has 0 heterocycles. The van der Waals surface area contributed by atoms with Crippen molar-refractivity contribution >= 4 is 11.9 Å². The normalized spacial score (nSPS) is 13.6. The highest BCUT2D eigenvalue weighted by Gasteiger charge is 2.23. The number of carbonyl (C=O) groups excluding carboxylic acids is 1. The number of hydrogen-bond acceptors (Lipinski definition) is 3. The van der Waals surface area contributed by atoms with E-state index in [9.17, 15) is 9.59 Å². The zero-order valence-corrected chi connectivity index (χ0v) is 14.6. The van der Waals surface area contributed by atoms with Crippen LogP contribution in [0.4, 0.5) is 0 Å². The fraction of sp³-hybridized carbons (Fsp3) is 0.889. The van der Waals surface area contributed by atoms with E-state index in [4.69, 9.17) is 9.84 Å². The molecule has 2 unspecified atom stereocenters. The Hall–Kier alpha value is -1.06. The predicted molar refractivity (Wildman–Crippen MR) is 88.8 cm³/mol. The highest BCUT2D eigenvalue weighted by molar-refractivity contribution is 5.70. The third kappa shape index (κ3) is 10.6. The summed E-state index contributed by atoms with van der Waals surface area (Å²) in [5, 5.41) is 8.59. The second-order valence-electron chi connectivity index (χ2n) is 6.08. The topological polar surface area (TPSA) is 63.6 Å². The van der Waals surface area contributed by atoms with Gasteiger partial charge in [0.25, 0.3) is 0 Å². The van der Waals surface area contributed by atoms with Crippen LogP contribution >= 0.6 is 0 Å². The SMILES string of the molecule is CCCCC(CC)C(CCCC)OC(=O)CCCCC(=O)O. The van der Waals surface area contributed by atoms with Crippen molar-refractivity contribution in [1.82, 2.24) is 0 Å². The largest absolute Gasteiger partial charge is 0.481 e. The maximum absolute atomic E-state index is 12.0. The van der Waals surface area contributed by atoms with Crippen LogP contribution in [0.5, 0.6) is 0 Å². The van der Waals surface area contributed by atoms with Gasteiger partial charge in [0.15, 0.2) is 0 Å². The van der Waals surface area contributed by atoms with Crippen LogP contribution < -0.4 is 0 Å². The molecule has 0 fully saturated rings. The second kappa shape index (κ2) is 13.6. The van der Waals surface area contributed by atoms with Crippen molar-refractivity contribution in [2.75, 3.05) is 0 Å². The van der Waals surface area contributed by atoms with Crippen LogP contribution in [0.2, 0.25) is 0 Å². The van der Waals surface area contributed by atoms with Crippen molar-refractivity contribution in [3.8, 4) is 0 Å². The number of hydrogen-bond donors (Lipinski definition) is 1. The lowest BCUT2D eigenvalue weighted by Crippen LogP contribution is -2.27. The summed E-state index contributed by atoms with van der Waals surface area (Å²) in [6, 6.07) is 0. The van der Waals surface area contributed by atoms with Gasteiger partial charge in [0.05, 0.1) is 0 Å². The number of rotatable bonds is 14. The molecular formula is C18H34O4. The van der Waals surface area contributed by atoms with E-state index in [1.54, 1.807) is 0 Å². The number of carbonyl (C=O) groups is 2. The van der Waals surface area contributed by atoms with E-state index in [2.05, 4.69) is 20.8 Å². The van der Waals surface area contributed by atoms with E-state index in [-0.39, 0.29) is 18.5 Å². The number of carboxylic acids is 1. The Balaban J connectivity index is 4.29. The van der Waals surface area contributed by atoms with Gasteiger partial charge in [-0.05, 0) is 38.0 Å². The lowest BCUT2D eigenvalue weighted by Gasteiger charge is -2.26. The van der Waals surface area contributed by atoms with E-state index < -0.39 is 5.97 Å². The summed E-state index contributed by atoms with van der Waals surface area (Å²) in [4.78, 5) is 22.4. The third-order valence-electron chi connectivity index (χ3n) is 4.13. The van der Waals surface area contributed by atoms with E-state index in [0.29, 0.717) is 25.2 Å². The Bertz CT molecular complexity index is 301. The summed E-state index contributed by atoms with van der Waals surface area (Å²) in [5.74, 6) is -0.518. The zero-order valence-electron chi connectivity index (χ0n) is 14.6. The number of ether oxygens (including phenoxy) is 1. The highest BCUT2D eigenvalue weighted by Crippen LogP contribution is 2.24. The molecule has 0 bridgehead atoms. The van der Waals surface area contributed by atoms with Crippen LogP contribution in [0.15, 0.2) is 0 Å². The van der Waals surface area contributed by atoms with Crippen molar-refractivity contribution in [2.24, 2.45) is 5.92 Å². The second-order valence-corrected chi connectivity index (χ2v) is 6.08. The first-order valence-corrected chi connectivity index (χ1v) is 8.96. The molecular weight excluding hydrogens is 280 g/mol. The van der Waals surface area contributed by atoms with Crippen molar-refractivity contribution in [2.45, 2.75) is 97.5 Å². The van der Waals surface area contributed by atoms with Gasteiger partial charge >= 0.3 is 11.9 Å². The molecule has 0 aliphatic rings. The fourth-order valence-corrected chi connectivity index (χ4v) is 2.69. The van der Waals surface area contributed by atoms with Crippen LogP contribution in [0.1, 0.15) is 91.4 Å². The Morgan fingerprint density at radius 2 is 1.50 bits per heavy atom. The Labute approximate surface area is 135 Å². The highest BCUT2D eigenvalue weighted by atomic mass is 16.5. The minimum absolute atomic E-state index is 0.0310. The number of esters is 1. The Morgan fingerprint density at radius 1 is 0.909 bits per heavy atom. The lowest BCUT2D eigenvalue weighted by molar-refractivity contribution is -0.153. The third-order valence-corrected chi connectivity index (χ3v) is 4.13. The first-order valence-electron chi connectivity index (χ1n) is 8.96. The molecule has 0 rings (SSSR count). The minimum atomic E-state index is -0.806. The van der Waals surface area contributed by atoms with Gasteiger partial charge in [0.1, 0.15) is 6.10 Å². The van der Waals surface area contributed by atoms with Gasteiger partial charge in [0.2, 0.25) is 0 Å². The van der Waals surface area contributed by atoms with Gasteiger partial charge in [-0.25, -0.2) is 0 Å². The number of unbranched alkanes of at least 4 members (excludes halogenated alkanes) is 3. The van der Waals surface area contributed by atoms with Crippen LogP contribution in [0.3, 0.4) is 0 Å². The zero-order chi connectivity index (χ0) is 16.8. The first kappa shape index (κ1) is 20.9. The molecule has 2 atom stereocenters. The summed E-state index contributed by atoms with van der Waals surface area (Å²) in [7, 11) is 0. The summed E-state index contributed by atoms with van der Waals surface area (Å²) in [5.41, 5.74) is 0. The van der Waals surface area contributed by atoms with Gasteiger partial charge in [0, 0.05) is 12.8 Å². The average Bonchev–Trinajstić information content (AvgIpc) is 2.49. The maximum atomic E-state index is 12.0. The molecule has 4 heteroatoms. The minimum Gasteiger partial charge on any atom is -0.481 e. The quantitative estimate of drug-likeness (QED) is 0.364. The molecule has 1 N–H and O–H groups in total. The molecule has 0 aromatic carbocycles. The van der Waals surface area contributed by atoms with Crippen LogP contribution in [0.25, 0.3) is 0 Å². The van der Waals surface area contributed by atoms with Gasteiger partial charge in [-0.1, -0.05) is 46.5 Å². The van der Waals surface area contributed by atoms with Crippen molar-refractivity contribution in [3.63, 3.8) is 0 Å². The smallest absolute Gasteiger partial charge is 0.306 e. The Morgan fingerprint density at radius 3 is 2.05 bits per heavy atom. The molecule has 130 valence electrons. The van der Waals surface area contributed by atoms with E-state index >= 15 is 0 Å². The molecule has 0 saturated heterocycles. The lowest BCUT2D eigenvalue weighted by atomic mass is 9.90. The molecule has 0 radical (unpaired) electrons. The van der Waals surface area contributed by atoms with Crippen molar-refractivity contribution < 1.29 is 19.4 Å². The molecule has 4 nitrogen and oxygen atoms in total. The first-order chi connectivity index (χ1) is 10.5. The van der Waals surface area contributed by atoms with Crippen molar-refractivity contribution in [3.05, 3.63) is 0 Å². The molecule has 0 saturated carbocycles. The summed E-state index contributed by atoms with van der Waals surface area (Å²) in [6.45, 7) is 6.50. The molecule has 22 heavy (non-hydrogen) atoms. The van der Waals surface area contributed by atoms with Crippen LogP contribution in [0, 0.1) is 5.92 Å².